The van der Waals surface area contributed by atoms with Crippen LogP contribution in [-0.4, -0.2) is 9.55 Å². The summed E-state index contributed by atoms with van der Waals surface area (Å²) < 4.78 is 9.09. The van der Waals surface area contributed by atoms with Crippen LogP contribution >= 0.6 is 0 Å². The van der Waals surface area contributed by atoms with E-state index in [1.54, 1.807) is 0 Å². The maximum atomic E-state index is 6.86. The molecule has 0 bridgehead atoms. The van der Waals surface area contributed by atoms with Crippen molar-refractivity contribution in [2.24, 2.45) is 0 Å². The molecule has 0 N–H and O–H groups in total. The molecule has 0 fully saturated rings. The third-order valence-electron chi connectivity index (χ3n) is 16.6. The van der Waals surface area contributed by atoms with E-state index >= 15 is 0 Å². The molecule has 1 aliphatic carbocycles. The first-order valence-electron chi connectivity index (χ1n) is 28.1. The Morgan fingerprint density at radius 1 is 0.446 bits per heavy atom. The van der Waals surface area contributed by atoms with Gasteiger partial charge in [0.1, 0.15) is 5.82 Å². The van der Waals surface area contributed by atoms with Gasteiger partial charge in [0.05, 0.1) is 5.41 Å². The number of hydrogen-bond donors (Lipinski definition) is 0. The molecule has 5 nitrogen and oxygen atoms in total. The van der Waals surface area contributed by atoms with Crippen molar-refractivity contribution in [3.63, 3.8) is 0 Å². The van der Waals surface area contributed by atoms with Gasteiger partial charge in [0.25, 0.3) is 0 Å². The van der Waals surface area contributed by atoms with E-state index in [0.29, 0.717) is 11.5 Å². The van der Waals surface area contributed by atoms with Crippen molar-refractivity contribution in [1.29, 1.82) is 0 Å². The number of anilines is 4. The molecule has 0 saturated carbocycles. The van der Waals surface area contributed by atoms with E-state index in [1.807, 2.05) is 24.4 Å². The van der Waals surface area contributed by atoms with Gasteiger partial charge < -0.3 is 19.1 Å². The standard InChI is InChI=1S/C77H55N4O.Pt/c1-76(2,3)57-43-44-78-74(48-57)81-72-45-55(52-23-8-4-9-24-52)39-41-64(72)65-42-40-61(50-73(65)81)82-60-32-22-31-59(49-60)79-51-80(71-38-21-20-37-70(71)79)75-66(53-25-10-5-11-26-53)46-58(47-67(75)54-27-12-6-13-28-54)77(56-29-14-7-15-30-56)68-35-18-16-33-62(68)63-34-17-19-36-69(63)77;/h4-48,51H,1-3H3;/q-3;. The number of nitrogens with zero attached hydrogens (tertiary/aromatic N) is 4. The zero-order valence-corrected chi connectivity index (χ0v) is 48.3. The van der Waals surface area contributed by atoms with Gasteiger partial charge in [0.15, 0.2) is 0 Å². The maximum absolute atomic E-state index is 6.86. The molecule has 0 radical (unpaired) electrons. The van der Waals surface area contributed by atoms with Crippen LogP contribution in [0, 0.1) is 18.8 Å². The number of para-hydroxylation sites is 2. The van der Waals surface area contributed by atoms with Gasteiger partial charge >= 0.3 is 0 Å². The van der Waals surface area contributed by atoms with Gasteiger partial charge in [-0.1, -0.05) is 220 Å². The molecular weight excluding hydrogens is 1190 g/mol. The molecule has 0 saturated heterocycles. The minimum atomic E-state index is -0.618. The maximum Gasteiger partial charge on any atom is 0.135 e. The predicted octanol–water partition coefficient (Wildman–Crippen LogP) is 19.6. The second-order valence-corrected chi connectivity index (χ2v) is 22.4. The smallest absolute Gasteiger partial charge is 0.135 e. The van der Waals surface area contributed by atoms with E-state index in [4.69, 9.17) is 9.72 Å². The van der Waals surface area contributed by atoms with E-state index in [-0.39, 0.29) is 26.5 Å². The van der Waals surface area contributed by atoms with Crippen LogP contribution < -0.4 is 14.5 Å². The molecule has 6 heteroatoms. The fourth-order valence-corrected chi connectivity index (χ4v) is 12.8. The first-order valence-corrected chi connectivity index (χ1v) is 28.1. The second kappa shape index (κ2) is 20.8. The molecule has 13 aromatic rings. The van der Waals surface area contributed by atoms with E-state index < -0.39 is 5.41 Å². The third kappa shape index (κ3) is 8.69. The Bertz CT molecular complexity index is 4460. The molecule has 83 heavy (non-hydrogen) atoms. The Kier molecular flexibility index (Phi) is 12.9. The normalized spacial score (nSPS) is 13.1. The molecule has 11 aromatic carbocycles. The summed E-state index contributed by atoms with van der Waals surface area (Å²) in [5.41, 5.74) is 20.6. The average molecular weight is 1250 g/mol. The van der Waals surface area contributed by atoms with Crippen LogP contribution in [0.1, 0.15) is 48.6 Å². The van der Waals surface area contributed by atoms with Crippen molar-refractivity contribution in [2.45, 2.75) is 31.6 Å². The Morgan fingerprint density at radius 2 is 1.00 bits per heavy atom. The monoisotopic (exact) mass is 1250 g/mol. The molecule has 1 aliphatic heterocycles. The van der Waals surface area contributed by atoms with Crippen molar-refractivity contribution >= 4 is 44.6 Å². The van der Waals surface area contributed by atoms with Gasteiger partial charge in [-0.3, -0.25) is 0 Å². The molecular formula is C77H55N4OPt-3. The molecule has 0 unspecified atom stereocenters. The summed E-state index contributed by atoms with van der Waals surface area (Å²) in [5.74, 6) is 1.98. The molecule has 0 spiro atoms. The molecule has 15 rings (SSSR count). The van der Waals surface area contributed by atoms with Gasteiger partial charge in [0, 0.05) is 72.5 Å². The first-order chi connectivity index (χ1) is 40.3. The minimum absolute atomic E-state index is 0. The summed E-state index contributed by atoms with van der Waals surface area (Å²) in [4.78, 5) is 9.61. The number of fused-ring (bicyclic) bond motifs is 7. The fraction of sp³-hybridized carbons (Fsp3) is 0.0649. The number of aromatic nitrogens is 2. The summed E-state index contributed by atoms with van der Waals surface area (Å²) in [6.45, 7) is 8.94. The van der Waals surface area contributed by atoms with Crippen LogP contribution in [0.15, 0.2) is 273 Å². The van der Waals surface area contributed by atoms with Crippen molar-refractivity contribution in [2.75, 3.05) is 9.80 Å². The second-order valence-electron chi connectivity index (χ2n) is 22.4. The van der Waals surface area contributed by atoms with Gasteiger partial charge in [0.2, 0.25) is 0 Å². The Hall–Kier alpha value is -9.54. The van der Waals surface area contributed by atoms with Crippen molar-refractivity contribution in [3.8, 4) is 61.8 Å². The summed E-state index contributed by atoms with van der Waals surface area (Å²) in [6.07, 6.45) is 1.92. The van der Waals surface area contributed by atoms with Crippen LogP contribution in [0.2, 0.25) is 0 Å². The van der Waals surface area contributed by atoms with Crippen LogP contribution in [0.3, 0.4) is 0 Å². The quantitative estimate of drug-likeness (QED) is 0.128. The Morgan fingerprint density at radius 3 is 1.64 bits per heavy atom. The number of pyridine rings is 1. The summed E-state index contributed by atoms with van der Waals surface area (Å²) >= 11 is 0. The van der Waals surface area contributed by atoms with Crippen LogP contribution in [-0.2, 0) is 31.9 Å². The van der Waals surface area contributed by atoms with E-state index in [9.17, 15) is 0 Å². The van der Waals surface area contributed by atoms with Gasteiger partial charge in [-0.25, -0.2) is 4.98 Å². The minimum Gasteiger partial charge on any atom is -0.509 e. The SMILES string of the molecule is CC(C)(C)c1ccnc(-n2c3[c-]c(Oc4[c-]c(N5[CH-]N(c6c(-c7ccccc7)cc(C7(c8ccccc8)c8ccccc8-c8ccccc87)cc6-c6ccccc6)c6ccccc65)ccc4)ccc3c3ccc(-c4ccccc4)cc32)c1.[Pt]. The van der Waals surface area contributed by atoms with Gasteiger partial charge in [-0.2, -0.15) is 12.1 Å². The summed E-state index contributed by atoms with van der Waals surface area (Å²) in [6, 6.07) is 104. The number of ether oxygens (including phenoxy) is 1. The van der Waals surface area contributed by atoms with Gasteiger partial charge in [-0.05, 0) is 114 Å². The molecule has 402 valence electrons. The molecule has 0 amide bonds. The summed E-state index contributed by atoms with van der Waals surface area (Å²) in [7, 11) is 0. The number of hydrogen-bond acceptors (Lipinski definition) is 4. The van der Waals surface area contributed by atoms with E-state index in [2.05, 4.69) is 303 Å². The van der Waals surface area contributed by atoms with Gasteiger partial charge in [-0.15, -0.1) is 48.1 Å². The van der Waals surface area contributed by atoms with Crippen LogP contribution in [0.4, 0.5) is 22.7 Å². The molecule has 2 aliphatic rings. The topological polar surface area (TPSA) is 33.5 Å². The van der Waals surface area contributed by atoms with E-state index in [0.717, 1.165) is 83.8 Å². The zero-order valence-electron chi connectivity index (χ0n) is 46.1. The fourth-order valence-electron chi connectivity index (χ4n) is 12.8. The molecule has 0 atom stereocenters. The van der Waals surface area contributed by atoms with E-state index in [1.165, 1.54) is 38.9 Å². The number of benzene rings is 11. The third-order valence-corrected chi connectivity index (χ3v) is 16.6. The Labute approximate surface area is 499 Å². The molecule has 2 aromatic heterocycles. The van der Waals surface area contributed by atoms with Crippen molar-refractivity contribution < 1.29 is 25.8 Å². The van der Waals surface area contributed by atoms with Crippen molar-refractivity contribution in [1.82, 2.24) is 9.55 Å². The largest absolute Gasteiger partial charge is 0.509 e. The predicted molar refractivity (Wildman–Crippen MR) is 337 cm³/mol. The molecule has 3 heterocycles. The Balaban J connectivity index is 0.00000614. The summed E-state index contributed by atoms with van der Waals surface area (Å²) in [5, 5.41) is 2.18. The van der Waals surface area contributed by atoms with Crippen molar-refractivity contribution in [3.05, 3.63) is 320 Å². The first kappa shape index (κ1) is 51.6. The zero-order chi connectivity index (χ0) is 54.9. The van der Waals surface area contributed by atoms with Crippen LogP contribution in [0.25, 0.3) is 72.1 Å². The number of rotatable bonds is 10. The van der Waals surface area contributed by atoms with Crippen LogP contribution in [0.5, 0.6) is 11.5 Å². The average Bonchev–Trinajstić information content (AvgIpc) is 1.87.